The molecule has 0 spiro atoms. The van der Waals surface area contributed by atoms with E-state index in [4.69, 9.17) is 16.7 Å². The van der Waals surface area contributed by atoms with E-state index in [0.29, 0.717) is 18.2 Å². The predicted octanol–water partition coefficient (Wildman–Crippen LogP) is 1.29. The standard InChI is InChI=1S/C10H16ClN3O2/c1-7-8(10(11)14(3)12-7)6-13(2)5-4-9(15)16/h4-6H2,1-3H3,(H,15,16). The molecule has 5 nitrogen and oxygen atoms in total. The Balaban J connectivity index is 2.62. The van der Waals surface area contributed by atoms with Crippen molar-refractivity contribution in [2.75, 3.05) is 13.6 Å². The van der Waals surface area contributed by atoms with Crippen molar-refractivity contribution in [3.8, 4) is 0 Å². The van der Waals surface area contributed by atoms with Crippen LogP contribution >= 0.6 is 11.6 Å². The number of hydrogen-bond donors (Lipinski definition) is 1. The Bertz CT molecular complexity index is 390. The van der Waals surface area contributed by atoms with Crippen molar-refractivity contribution in [3.63, 3.8) is 0 Å². The fourth-order valence-corrected chi connectivity index (χ4v) is 1.72. The molecule has 0 aliphatic rings. The number of aromatic nitrogens is 2. The molecule has 1 N–H and O–H groups in total. The summed E-state index contributed by atoms with van der Waals surface area (Å²) >= 11 is 6.08. The van der Waals surface area contributed by atoms with Crippen molar-refractivity contribution in [2.24, 2.45) is 7.05 Å². The SMILES string of the molecule is Cc1nn(C)c(Cl)c1CN(C)CCC(=O)O. The first-order valence-corrected chi connectivity index (χ1v) is 5.38. The number of aliphatic carboxylic acids is 1. The number of carboxylic acid groups (broad SMARTS) is 1. The zero-order chi connectivity index (χ0) is 12.3. The van der Waals surface area contributed by atoms with Crippen LogP contribution in [0.4, 0.5) is 0 Å². The maximum Gasteiger partial charge on any atom is 0.304 e. The van der Waals surface area contributed by atoms with Crippen molar-refractivity contribution >= 4 is 17.6 Å². The average Bonchev–Trinajstić information content (AvgIpc) is 2.42. The number of halogens is 1. The molecule has 90 valence electrons. The lowest BCUT2D eigenvalue weighted by Gasteiger charge is -2.15. The summed E-state index contributed by atoms with van der Waals surface area (Å²) in [6.07, 6.45) is 0.132. The zero-order valence-electron chi connectivity index (χ0n) is 9.70. The smallest absolute Gasteiger partial charge is 0.304 e. The van der Waals surface area contributed by atoms with E-state index in [1.54, 1.807) is 11.7 Å². The highest BCUT2D eigenvalue weighted by Crippen LogP contribution is 2.19. The molecule has 1 heterocycles. The first-order valence-electron chi connectivity index (χ1n) is 5.00. The van der Waals surface area contributed by atoms with Crippen molar-refractivity contribution in [2.45, 2.75) is 19.9 Å². The normalized spacial score (nSPS) is 11.1. The second kappa shape index (κ2) is 5.32. The minimum absolute atomic E-state index is 0.132. The second-order valence-corrected chi connectivity index (χ2v) is 4.22. The van der Waals surface area contributed by atoms with Gasteiger partial charge < -0.3 is 10.0 Å². The Labute approximate surface area is 99.6 Å². The van der Waals surface area contributed by atoms with E-state index in [-0.39, 0.29) is 6.42 Å². The lowest BCUT2D eigenvalue weighted by atomic mass is 10.2. The number of carbonyl (C=O) groups is 1. The van der Waals surface area contributed by atoms with Gasteiger partial charge in [-0.2, -0.15) is 5.10 Å². The molecule has 0 saturated heterocycles. The van der Waals surface area contributed by atoms with Gasteiger partial charge in [0.1, 0.15) is 5.15 Å². The van der Waals surface area contributed by atoms with E-state index in [9.17, 15) is 4.79 Å². The van der Waals surface area contributed by atoms with E-state index in [1.807, 2.05) is 18.9 Å². The lowest BCUT2D eigenvalue weighted by molar-refractivity contribution is -0.137. The molecule has 0 saturated carbocycles. The average molecular weight is 246 g/mol. The number of carboxylic acids is 1. The van der Waals surface area contributed by atoms with Gasteiger partial charge in [-0.3, -0.25) is 9.48 Å². The maximum atomic E-state index is 10.4. The summed E-state index contributed by atoms with van der Waals surface area (Å²) in [7, 11) is 3.65. The van der Waals surface area contributed by atoms with Crippen molar-refractivity contribution in [1.82, 2.24) is 14.7 Å². The molecule has 0 aromatic carbocycles. The minimum Gasteiger partial charge on any atom is -0.481 e. The zero-order valence-corrected chi connectivity index (χ0v) is 10.5. The van der Waals surface area contributed by atoms with Crippen LogP contribution < -0.4 is 0 Å². The van der Waals surface area contributed by atoms with E-state index in [0.717, 1.165) is 11.3 Å². The third kappa shape index (κ3) is 3.21. The molecule has 0 amide bonds. The Kier molecular flexibility index (Phi) is 4.32. The summed E-state index contributed by atoms with van der Waals surface area (Å²) in [5.74, 6) is -0.791. The molecule has 16 heavy (non-hydrogen) atoms. The molecule has 0 atom stereocenters. The van der Waals surface area contributed by atoms with E-state index < -0.39 is 5.97 Å². The highest BCUT2D eigenvalue weighted by molar-refractivity contribution is 6.30. The van der Waals surface area contributed by atoms with E-state index in [2.05, 4.69) is 5.10 Å². The van der Waals surface area contributed by atoms with Crippen molar-refractivity contribution in [1.29, 1.82) is 0 Å². The third-order valence-electron chi connectivity index (χ3n) is 2.41. The van der Waals surface area contributed by atoms with Crippen LogP contribution in [0.2, 0.25) is 5.15 Å². The Hall–Kier alpha value is -1.07. The van der Waals surface area contributed by atoms with Gasteiger partial charge in [-0.25, -0.2) is 0 Å². The molecule has 0 radical (unpaired) electrons. The fraction of sp³-hybridized carbons (Fsp3) is 0.600. The number of rotatable bonds is 5. The van der Waals surface area contributed by atoms with Crippen LogP contribution in [-0.2, 0) is 18.4 Å². The molecule has 0 aliphatic heterocycles. The van der Waals surface area contributed by atoms with Gasteiger partial charge in [0.15, 0.2) is 0 Å². The minimum atomic E-state index is -0.791. The van der Waals surface area contributed by atoms with Gasteiger partial charge in [0, 0.05) is 25.7 Å². The number of aryl methyl sites for hydroxylation is 2. The maximum absolute atomic E-state index is 10.4. The van der Waals surface area contributed by atoms with Crippen LogP contribution in [0.3, 0.4) is 0 Å². The van der Waals surface area contributed by atoms with Gasteiger partial charge in [0.05, 0.1) is 12.1 Å². The van der Waals surface area contributed by atoms with Crippen molar-refractivity contribution < 1.29 is 9.90 Å². The first kappa shape index (κ1) is 13.0. The number of hydrogen-bond acceptors (Lipinski definition) is 3. The van der Waals surface area contributed by atoms with Crippen LogP contribution in [0, 0.1) is 6.92 Å². The monoisotopic (exact) mass is 245 g/mol. The van der Waals surface area contributed by atoms with Crippen LogP contribution in [0.25, 0.3) is 0 Å². The van der Waals surface area contributed by atoms with Crippen molar-refractivity contribution in [3.05, 3.63) is 16.4 Å². The summed E-state index contributed by atoms with van der Waals surface area (Å²) in [6, 6.07) is 0. The largest absolute Gasteiger partial charge is 0.481 e. The molecule has 0 fully saturated rings. The van der Waals surface area contributed by atoms with Crippen LogP contribution in [-0.4, -0.2) is 39.3 Å². The summed E-state index contributed by atoms with van der Waals surface area (Å²) in [4.78, 5) is 12.3. The quantitative estimate of drug-likeness (QED) is 0.849. The summed E-state index contributed by atoms with van der Waals surface area (Å²) in [6.45, 7) is 3.01. The fourth-order valence-electron chi connectivity index (χ4n) is 1.49. The molecule has 6 heteroatoms. The topological polar surface area (TPSA) is 58.4 Å². The first-order chi connectivity index (χ1) is 7.41. The van der Waals surface area contributed by atoms with Gasteiger partial charge in [0.2, 0.25) is 0 Å². The third-order valence-corrected chi connectivity index (χ3v) is 2.88. The van der Waals surface area contributed by atoms with Gasteiger partial charge in [-0.15, -0.1) is 0 Å². The Morgan fingerprint density at radius 1 is 1.62 bits per heavy atom. The van der Waals surface area contributed by atoms with Crippen LogP contribution in [0.1, 0.15) is 17.7 Å². The summed E-state index contributed by atoms with van der Waals surface area (Å²) in [5, 5.41) is 13.4. The molecule has 0 unspecified atom stereocenters. The van der Waals surface area contributed by atoms with Crippen LogP contribution in [0.5, 0.6) is 0 Å². The second-order valence-electron chi connectivity index (χ2n) is 3.86. The van der Waals surface area contributed by atoms with Gasteiger partial charge in [-0.1, -0.05) is 11.6 Å². The number of nitrogens with zero attached hydrogens (tertiary/aromatic N) is 3. The molecular formula is C10H16ClN3O2. The van der Waals surface area contributed by atoms with Gasteiger partial charge in [-0.05, 0) is 14.0 Å². The summed E-state index contributed by atoms with van der Waals surface area (Å²) in [5.41, 5.74) is 1.84. The highest BCUT2D eigenvalue weighted by Gasteiger charge is 2.13. The van der Waals surface area contributed by atoms with Crippen LogP contribution in [0.15, 0.2) is 0 Å². The molecule has 0 aliphatic carbocycles. The molecular weight excluding hydrogens is 230 g/mol. The molecule has 0 bridgehead atoms. The predicted molar refractivity (Wildman–Crippen MR) is 61.5 cm³/mol. The van der Waals surface area contributed by atoms with Gasteiger partial charge in [0.25, 0.3) is 0 Å². The van der Waals surface area contributed by atoms with E-state index >= 15 is 0 Å². The molecule has 1 aromatic heterocycles. The molecule has 1 rings (SSSR count). The summed E-state index contributed by atoms with van der Waals surface area (Å²) < 4.78 is 1.62. The Morgan fingerprint density at radius 3 is 2.69 bits per heavy atom. The lowest BCUT2D eigenvalue weighted by Crippen LogP contribution is -2.21. The van der Waals surface area contributed by atoms with Gasteiger partial charge >= 0.3 is 5.97 Å². The highest BCUT2D eigenvalue weighted by atomic mass is 35.5. The van der Waals surface area contributed by atoms with E-state index in [1.165, 1.54) is 0 Å². The Morgan fingerprint density at radius 2 is 2.25 bits per heavy atom. The molecule has 1 aromatic rings.